The zero-order valence-electron chi connectivity index (χ0n) is 11.9. The lowest BCUT2D eigenvalue weighted by Crippen LogP contribution is -2.43. The van der Waals surface area contributed by atoms with Gasteiger partial charge in [-0.25, -0.2) is 4.39 Å². The second-order valence-corrected chi connectivity index (χ2v) is 4.69. The zero-order chi connectivity index (χ0) is 13.5. The van der Waals surface area contributed by atoms with E-state index in [2.05, 4.69) is 36.4 Å². The summed E-state index contributed by atoms with van der Waals surface area (Å²) in [5.74, 6) is 1.01. The fraction of sp³-hybridized carbons (Fsp3) is 0.500. The van der Waals surface area contributed by atoms with Crippen molar-refractivity contribution in [3.8, 4) is 0 Å². The number of nitrogens with zero attached hydrogens (tertiary/aromatic N) is 1. The largest absolute Gasteiger partial charge is 0.354 e. The van der Waals surface area contributed by atoms with Crippen LogP contribution in [0.4, 0.5) is 4.39 Å². The van der Waals surface area contributed by atoms with E-state index in [0.29, 0.717) is 30.0 Å². The molecule has 0 fully saturated rings. The normalized spacial score (nSPS) is 12.8. The molecule has 2 N–H and O–H groups in total. The smallest absolute Gasteiger partial charge is 0.191 e. The van der Waals surface area contributed by atoms with Gasteiger partial charge in [0.25, 0.3) is 0 Å². The number of rotatable bonds is 4. The highest BCUT2D eigenvalue weighted by molar-refractivity contribution is 14.0. The van der Waals surface area contributed by atoms with Crippen molar-refractivity contribution in [1.82, 2.24) is 10.6 Å². The molecule has 1 unspecified atom stereocenters. The molecule has 0 aliphatic carbocycles. The van der Waals surface area contributed by atoms with Gasteiger partial charge in [0.05, 0.1) is 0 Å². The first-order chi connectivity index (χ1) is 8.54. The van der Waals surface area contributed by atoms with Crippen LogP contribution < -0.4 is 10.6 Å². The summed E-state index contributed by atoms with van der Waals surface area (Å²) in [6.07, 6.45) is 0. The number of hydrogen-bond acceptors (Lipinski definition) is 1. The maximum atomic E-state index is 13.4. The van der Waals surface area contributed by atoms with E-state index in [0.717, 1.165) is 0 Å². The summed E-state index contributed by atoms with van der Waals surface area (Å²) in [5.41, 5.74) is 0.637. The minimum Gasteiger partial charge on any atom is -0.354 e. The van der Waals surface area contributed by atoms with Crippen molar-refractivity contribution in [2.24, 2.45) is 10.9 Å². The van der Waals surface area contributed by atoms with Crippen molar-refractivity contribution < 1.29 is 4.39 Å². The van der Waals surface area contributed by atoms with Crippen molar-refractivity contribution in [3.05, 3.63) is 35.6 Å². The molecule has 1 rings (SSSR count). The molecular weight excluding hydrogens is 356 g/mol. The topological polar surface area (TPSA) is 36.4 Å². The lowest BCUT2D eigenvalue weighted by molar-refractivity contribution is 0.480. The highest BCUT2D eigenvalue weighted by Crippen LogP contribution is 2.05. The van der Waals surface area contributed by atoms with Gasteiger partial charge < -0.3 is 10.6 Å². The highest BCUT2D eigenvalue weighted by Gasteiger charge is 2.09. The summed E-state index contributed by atoms with van der Waals surface area (Å²) in [4.78, 5) is 4.13. The van der Waals surface area contributed by atoms with Crippen LogP contribution in [0.3, 0.4) is 0 Å². The van der Waals surface area contributed by atoms with Crippen LogP contribution in [0, 0.1) is 11.7 Å². The van der Waals surface area contributed by atoms with E-state index in [4.69, 9.17) is 0 Å². The molecule has 0 bridgehead atoms. The molecule has 0 aliphatic heterocycles. The summed E-state index contributed by atoms with van der Waals surface area (Å²) in [7, 11) is 1.71. The van der Waals surface area contributed by atoms with Crippen LogP contribution in [-0.4, -0.2) is 19.0 Å². The van der Waals surface area contributed by atoms with Crippen molar-refractivity contribution in [1.29, 1.82) is 0 Å². The Morgan fingerprint density at radius 2 is 1.89 bits per heavy atom. The molecule has 0 heterocycles. The standard InChI is InChI=1S/C14H22FN3.HI/c1-10(2)11(3)18-14(16-4)17-9-12-7-5-6-8-13(12)15;/h5-8,10-11H,9H2,1-4H3,(H2,16,17,18);1H. The van der Waals surface area contributed by atoms with E-state index in [1.807, 2.05) is 6.07 Å². The fourth-order valence-electron chi connectivity index (χ4n) is 1.40. The average molecular weight is 379 g/mol. The number of hydrogen-bond donors (Lipinski definition) is 2. The van der Waals surface area contributed by atoms with Gasteiger partial charge in [-0.1, -0.05) is 32.0 Å². The van der Waals surface area contributed by atoms with Crippen LogP contribution >= 0.6 is 24.0 Å². The molecule has 3 nitrogen and oxygen atoms in total. The molecule has 0 spiro atoms. The van der Waals surface area contributed by atoms with Crippen molar-refractivity contribution in [2.75, 3.05) is 7.05 Å². The van der Waals surface area contributed by atoms with Crippen LogP contribution in [0.2, 0.25) is 0 Å². The van der Waals surface area contributed by atoms with E-state index >= 15 is 0 Å². The molecule has 108 valence electrons. The van der Waals surface area contributed by atoms with Gasteiger partial charge in [-0.3, -0.25) is 4.99 Å². The van der Waals surface area contributed by atoms with Crippen LogP contribution in [0.5, 0.6) is 0 Å². The van der Waals surface area contributed by atoms with E-state index < -0.39 is 0 Å². The molecule has 19 heavy (non-hydrogen) atoms. The van der Waals surface area contributed by atoms with Gasteiger partial charge in [-0.2, -0.15) is 0 Å². The van der Waals surface area contributed by atoms with Gasteiger partial charge in [0, 0.05) is 25.2 Å². The highest BCUT2D eigenvalue weighted by atomic mass is 127. The maximum Gasteiger partial charge on any atom is 0.191 e. The number of aliphatic imine (C=N–C) groups is 1. The van der Waals surface area contributed by atoms with E-state index in [9.17, 15) is 4.39 Å². The minimum atomic E-state index is -0.197. The third-order valence-corrected chi connectivity index (χ3v) is 2.99. The molecule has 0 aliphatic rings. The van der Waals surface area contributed by atoms with E-state index in [1.54, 1.807) is 19.2 Å². The predicted molar refractivity (Wildman–Crippen MR) is 89.4 cm³/mol. The summed E-state index contributed by atoms with van der Waals surface area (Å²) < 4.78 is 13.4. The number of nitrogens with one attached hydrogen (secondary N) is 2. The molecule has 0 saturated heterocycles. The molecule has 0 aromatic heterocycles. The van der Waals surface area contributed by atoms with E-state index in [1.165, 1.54) is 6.07 Å². The summed E-state index contributed by atoms with van der Waals surface area (Å²) in [5, 5.41) is 6.38. The first kappa shape index (κ1) is 18.1. The van der Waals surface area contributed by atoms with Gasteiger partial charge >= 0.3 is 0 Å². The average Bonchev–Trinajstić information content (AvgIpc) is 2.35. The van der Waals surface area contributed by atoms with Gasteiger partial charge in [-0.05, 0) is 18.9 Å². The number of halogens is 2. The Morgan fingerprint density at radius 3 is 2.42 bits per heavy atom. The number of guanidine groups is 1. The number of benzene rings is 1. The van der Waals surface area contributed by atoms with Crippen LogP contribution in [0.25, 0.3) is 0 Å². The Bertz CT molecular complexity index is 407. The Kier molecular flexibility index (Phi) is 8.71. The van der Waals surface area contributed by atoms with Gasteiger partial charge in [0.2, 0.25) is 0 Å². The predicted octanol–water partition coefficient (Wildman–Crippen LogP) is 3.15. The summed E-state index contributed by atoms with van der Waals surface area (Å²) >= 11 is 0. The van der Waals surface area contributed by atoms with Gasteiger partial charge in [-0.15, -0.1) is 24.0 Å². The minimum absolute atomic E-state index is 0. The summed E-state index contributed by atoms with van der Waals surface area (Å²) in [6, 6.07) is 7.06. The Balaban J connectivity index is 0.00000324. The van der Waals surface area contributed by atoms with Crippen molar-refractivity contribution in [3.63, 3.8) is 0 Å². The van der Waals surface area contributed by atoms with Crippen molar-refractivity contribution >= 4 is 29.9 Å². The molecular formula is C14H23FIN3. The molecule has 5 heteroatoms. The molecule has 0 amide bonds. The third kappa shape index (κ3) is 6.22. The SMILES string of the molecule is CN=C(NCc1ccccc1F)NC(C)C(C)C.I. The Morgan fingerprint density at radius 1 is 1.26 bits per heavy atom. The lowest BCUT2D eigenvalue weighted by Gasteiger charge is -2.20. The van der Waals surface area contributed by atoms with Crippen LogP contribution in [0.1, 0.15) is 26.3 Å². The Hall–Kier alpha value is -0.850. The maximum absolute atomic E-state index is 13.4. The van der Waals surface area contributed by atoms with Crippen LogP contribution in [0.15, 0.2) is 29.3 Å². The third-order valence-electron chi connectivity index (χ3n) is 2.99. The first-order valence-corrected chi connectivity index (χ1v) is 6.25. The second-order valence-electron chi connectivity index (χ2n) is 4.69. The zero-order valence-corrected chi connectivity index (χ0v) is 14.2. The van der Waals surface area contributed by atoms with Gasteiger partial charge in [0.15, 0.2) is 5.96 Å². The quantitative estimate of drug-likeness (QED) is 0.479. The van der Waals surface area contributed by atoms with E-state index in [-0.39, 0.29) is 29.8 Å². The monoisotopic (exact) mass is 379 g/mol. The molecule has 0 saturated carbocycles. The lowest BCUT2D eigenvalue weighted by atomic mass is 10.1. The molecule has 0 radical (unpaired) electrons. The summed E-state index contributed by atoms with van der Waals surface area (Å²) in [6.45, 7) is 6.81. The molecule has 1 aromatic rings. The second kappa shape index (κ2) is 9.12. The molecule has 1 aromatic carbocycles. The molecule has 1 atom stereocenters. The van der Waals surface area contributed by atoms with Crippen LogP contribution in [-0.2, 0) is 6.54 Å². The fourth-order valence-corrected chi connectivity index (χ4v) is 1.40. The van der Waals surface area contributed by atoms with Gasteiger partial charge in [0.1, 0.15) is 5.82 Å². The first-order valence-electron chi connectivity index (χ1n) is 6.25. The Labute approximate surface area is 132 Å². The van der Waals surface area contributed by atoms with Crippen molar-refractivity contribution in [2.45, 2.75) is 33.4 Å².